The molecule has 0 spiro atoms. The average molecular weight is 447 g/mol. The van der Waals surface area contributed by atoms with Crippen molar-refractivity contribution >= 4 is 10.0 Å². The van der Waals surface area contributed by atoms with E-state index in [0.717, 1.165) is 16.7 Å². The number of sulfonamides is 1. The lowest BCUT2D eigenvalue weighted by Crippen LogP contribution is -2.25. The van der Waals surface area contributed by atoms with Crippen LogP contribution in [0.2, 0.25) is 0 Å². The smallest absolute Gasteiger partial charge is 0.238 e. The van der Waals surface area contributed by atoms with Gasteiger partial charge in [0.2, 0.25) is 10.0 Å². The topological polar surface area (TPSA) is 114 Å². The molecule has 31 heavy (non-hydrogen) atoms. The van der Waals surface area contributed by atoms with E-state index in [1.54, 1.807) is 19.1 Å². The van der Waals surface area contributed by atoms with Gasteiger partial charge in [-0.15, -0.1) is 0 Å². The Morgan fingerprint density at radius 3 is 2.10 bits per heavy atom. The summed E-state index contributed by atoms with van der Waals surface area (Å²) in [6.07, 6.45) is -0.417. The van der Waals surface area contributed by atoms with Crippen LogP contribution in [0.3, 0.4) is 0 Å². The second kappa shape index (κ2) is 10.1. The predicted molar refractivity (Wildman–Crippen MR) is 116 cm³/mol. The molecule has 2 N–H and O–H groups in total. The fourth-order valence-corrected chi connectivity index (χ4v) is 3.63. The van der Waals surface area contributed by atoms with Crippen LogP contribution in [0.15, 0.2) is 57.9 Å². The van der Waals surface area contributed by atoms with E-state index in [2.05, 4.69) is 5.16 Å². The molecule has 0 aliphatic rings. The average Bonchev–Trinajstić information content (AvgIpc) is 3.13. The molecule has 0 saturated carbocycles. The van der Waals surface area contributed by atoms with Crippen LogP contribution in [-0.2, 0) is 19.5 Å². The Hall–Kier alpha value is -2.72. The highest BCUT2D eigenvalue weighted by molar-refractivity contribution is 7.89. The minimum absolute atomic E-state index is 0.0471. The first kappa shape index (κ1) is 23.0. The van der Waals surface area contributed by atoms with Crippen LogP contribution in [0.25, 0.3) is 22.4 Å². The third kappa shape index (κ3) is 5.71. The molecule has 8 nitrogen and oxygen atoms in total. The van der Waals surface area contributed by atoms with Crippen molar-refractivity contribution < 1.29 is 27.2 Å². The minimum atomic E-state index is -3.76. The van der Waals surface area contributed by atoms with Crippen molar-refractivity contribution in [2.45, 2.75) is 32.0 Å². The van der Waals surface area contributed by atoms with Gasteiger partial charge in [-0.05, 0) is 62.7 Å². The van der Waals surface area contributed by atoms with Crippen LogP contribution in [0.1, 0.15) is 19.6 Å². The maximum absolute atomic E-state index is 11.5. The van der Waals surface area contributed by atoms with Gasteiger partial charge in [-0.1, -0.05) is 17.3 Å². The van der Waals surface area contributed by atoms with Crippen LogP contribution in [0.5, 0.6) is 5.75 Å². The Morgan fingerprint density at radius 2 is 1.55 bits per heavy atom. The van der Waals surface area contributed by atoms with E-state index in [4.69, 9.17) is 23.9 Å². The number of hydrogen-bond acceptors (Lipinski definition) is 7. The number of benzene rings is 2. The highest BCUT2D eigenvalue weighted by Gasteiger charge is 2.18. The summed E-state index contributed by atoms with van der Waals surface area (Å²) in [7, 11) is -3.76. The Bertz CT molecular complexity index is 1090. The number of primary sulfonamides is 1. The third-order valence-corrected chi connectivity index (χ3v) is 5.48. The lowest BCUT2D eigenvalue weighted by molar-refractivity contribution is -0.152. The van der Waals surface area contributed by atoms with E-state index in [9.17, 15) is 8.42 Å². The summed E-state index contributed by atoms with van der Waals surface area (Å²) < 4.78 is 45.1. The van der Waals surface area contributed by atoms with Gasteiger partial charge >= 0.3 is 0 Å². The molecule has 166 valence electrons. The molecule has 0 radical (unpaired) electrons. The molecule has 3 aromatic rings. The first-order chi connectivity index (χ1) is 14.8. The quantitative estimate of drug-likeness (QED) is 0.472. The van der Waals surface area contributed by atoms with E-state index in [1.807, 2.05) is 38.1 Å². The number of nitrogens with zero attached hydrogens (tertiary/aromatic N) is 1. The van der Waals surface area contributed by atoms with Crippen molar-refractivity contribution in [1.82, 2.24) is 5.16 Å². The fraction of sp³-hybridized carbons (Fsp3) is 0.318. The van der Waals surface area contributed by atoms with Gasteiger partial charge in [0, 0.05) is 18.8 Å². The van der Waals surface area contributed by atoms with Crippen LogP contribution in [-0.4, -0.2) is 39.7 Å². The molecular weight excluding hydrogens is 420 g/mol. The van der Waals surface area contributed by atoms with Crippen molar-refractivity contribution in [2.24, 2.45) is 5.14 Å². The van der Waals surface area contributed by atoms with E-state index in [0.29, 0.717) is 30.4 Å². The monoisotopic (exact) mass is 446 g/mol. The SMILES string of the molecule is CCOC(COc1ccc(-c2noc(C)c2-c2ccc(S(N)(=O)=O)cc2)cc1)OCC. The molecule has 0 saturated heterocycles. The summed E-state index contributed by atoms with van der Waals surface area (Å²) in [4.78, 5) is 0.0471. The summed E-state index contributed by atoms with van der Waals surface area (Å²) >= 11 is 0. The summed E-state index contributed by atoms with van der Waals surface area (Å²) in [5.41, 5.74) is 3.04. The molecule has 1 heterocycles. The maximum atomic E-state index is 11.5. The zero-order valence-corrected chi connectivity index (χ0v) is 18.5. The molecule has 3 rings (SSSR count). The van der Waals surface area contributed by atoms with Crippen LogP contribution >= 0.6 is 0 Å². The van der Waals surface area contributed by atoms with Crippen molar-refractivity contribution in [1.29, 1.82) is 0 Å². The minimum Gasteiger partial charge on any atom is -0.488 e. The van der Waals surface area contributed by atoms with Crippen molar-refractivity contribution in [3.05, 3.63) is 54.3 Å². The Labute approximate surface area is 182 Å². The Kier molecular flexibility index (Phi) is 7.45. The van der Waals surface area contributed by atoms with Gasteiger partial charge in [0.25, 0.3) is 0 Å². The Balaban J connectivity index is 1.80. The van der Waals surface area contributed by atoms with E-state index < -0.39 is 16.3 Å². The normalized spacial score (nSPS) is 11.8. The van der Waals surface area contributed by atoms with Gasteiger partial charge in [0.1, 0.15) is 23.8 Å². The second-order valence-electron chi connectivity index (χ2n) is 6.71. The zero-order chi connectivity index (χ0) is 22.4. The molecule has 0 bridgehead atoms. The fourth-order valence-electron chi connectivity index (χ4n) is 3.11. The summed E-state index contributed by atoms with van der Waals surface area (Å²) in [5.74, 6) is 1.29. The van der Waals surface area contributed by atoms with E-state index in [1.165, 1.54) is 12.1 Å². The molecule has 2 aromatic carbocycles. The first-order valence-corrected chi connectivity index (χ1v) is 11.4. The van der Waals surface area contributed by atoms with E-state index in [-0.39, 0.29) is 11.5 Å². The van der Waals surface area contributed by atoms with Gasteiger partial charge < -0.3 is 18.7 Å². The van der Waals surface area contributed by atoms with Gasteiger partial charge in [0.15, 0.2) is 6.29 Å². The van der Waals surface area contributed by atoms with Crippen molar-refractivity contribution in [3.8, 4) is 28.1 Å². The van der Waals surface area contributed by atoms with Crippen molar-refractivity contribution in [3.63, 3.8) is 0 Å². The largest absolute Gasteiger partial charge is 0.488 e. The molecule has 9 heteroatoms. The molecule has 1 aromatic heterocycles. The van der Waals surface area contributed by atoms with Gasteiger partial charge in [-0.3, -0.25) is 0 Å². The van der Waals surface area contributed by atoms with Gasteiger partial charge in [-0.2, -0.15) is 0 Å². The second-order valence-corrected chi connectivity index (χ2v) is 8.27. The highest BCUT2D eigenvalue weighted by Crippen LogP contribution is 2.35. The number of aromatic nitrogens is 1. The van der Waals surface area contributed by atoms with E-state index >= 15 is 0 Å². The number of nitrogens with two attached hydrogens (primary N) is 1. The summed E-state index contributed by atoms with van der Waals surface area (Å²) in [5, 5.41) is 9.37. The standard InChI is InChI=1S/C22H26N2O6S/c1-4-27-20(28-5-2)14-29-18-10-6-17(7-11-18)22-21(15(3)30-24-22)16-8-12-19(13-9-16)31(23,25)26/h6-13,20H,4-5,14H2,1-3H3,(H2,23,25,26). The van der Waals surface area contributed by atoms with Crippen LogP contribution in [0.4, 0.5) is 0 Å². The number of hydrogen-bond donors (Lipinski definition) is 1. The molecule has 0 fully saturated rings. The third-order valence-electron chi connectivity index (χ3n) is 4.55. The van der Waals surface area contributed by atoms with Crippen molar-refractivity contribution in [2.75, 3.05) is 19.8 Å². The van der Waals surface area contributed by atoms with Gasteiger partial charge in [0.05, 0.1) is 10.5 Å². The molecule has 0 unspecified atom stereocenters. The lowest BCUT2D eigenvalue weighted by Gasteiger charge is -2.17. The highest BCUT2D eigenvalue weighted by atomic mass is 32.2. The molecule has 0 aliphatic carbocycles. The van der Waals surface area contributed by atoms with Crippen LogP contribution < -0.4 is 9.88 Å². The molecule has 0 aliphatic heterocycles. The Morgan fingerprint density at radius 1 is 0.968 bits per heavy atom. The molecule has 0 atom stereocenters. The predicted octanol–water partition coefficient (Wildman–Crippen LogP) is 3.74. The lowest BCUT2D eigenvalue weighted by atomic mass is 9.99. The maximum Gasteiger partial charge on any atom is 0.238 e. The summed E-state index contributed by atoms with van der Waals surface area (Å²) in [6.45, 7) is 6.98. The summed E-state index contributed by atoms with van der Waals surface area (Å²) in [6, 6.07) is 13.7. The van der Waals surface area contributed by atoms with Gasteiger partial charge in [-0.25, -0.2) is 13.6 Å². The number of rotatable bonds is 10. The number of aryl methyl sites for hydroxylation is 1. The number of ether oxygens (including phenoxy) is 3. The van der Waals surface area contributed by atoms with Crippen LogP contribution in [0, 0.1) is 6.92 Å². The first-order valence-electron chi connectivity index (χ1n) is 9.89. The molecular formula is C22H26N2O6S. The molecule has 0 amide bonds. The zero-order valence-electron chi connectivity index (χ0n) is 17.7.